The molecule has 1 aliphatic rings. The van der Waals surface area contributed by atoms with E-state index >= 15 is 0 Å². The topological polar surface area (TPSA) is 20.3 Å². The Morgan fingerprint density at radius 2 is 2.29 bits per heavy atom. The van der Waals surface area contributed by atoms with Crippen molar-refractivity contribution >= 4 is 33.4 Å². The van der Waals surface area contributed by atoms with Crippen molar-refractivity contribution in [2.24, 2.45) is 0 Å². The largest absolute Gasteiger partial charge is 0.332 e. The predicted octanol–water partition coefficient (Wildman–Crippen LogP) is 3.89. The number of carbonyl (C=O) groups excluding carboxylic acids is 1. The van der Waals surface area contributed by atoms with E-state index in [9.17, 15) is 4.79 Å². The number of rotatable bonds is 4. The Balaban J connectivity index is 2.21. The van der Waals surface area contributed by atoms with Gasteiger partial charge in [0.05, 0.1) is 5.02 Å². The number of hydrogen-bond acceptors (Lipinski definition) is 1. The average Bonchev–Trinajstić information content (AvgIpc) is 3.13. The summed E-state index contributed by atoms with van der Waals surface area (Å²) in [6, 6.07) is 5.67. The van der Waals surface area contributed by atoms with E-state index in [0.717, 1.165) is 17.3 Å². The smallest absolute Gasteiger partial charge is 0.254 e. The maximum atomic E-state index is 12.3. The molecule has 2 rings (SSSR count). The zero-order valence-corrected chi connectivity index (χ0v) is 11.7. The van der Waals surface area contributed by atoms with Crippen molar-refractivity contribution in [2.75, 3.05) is 6.54 Å². The van der Waals surface area contributed by atoms with Crippen molar-refractivity contribution in [3.63, 3.8) is 0 Å². The van der Waals surface area contributed by atoms with Crippen molar-refractivity contribution in [1.29, 1.82) is 0 Å². The molecule has 17 heavy (non-hydrogen) atoms. The Bertz CT molecular complexity index is 457. The highest BCUT2D eigenvalue weighted by atomic mass is 79.9. The van der Waals surface area contributed by atoms with E-state index in [1.165, 1.54) is 0 Å². The van der Waals surface area contributed by atoms with Gasteiger partial charge in [-0.25, -0.2) is 0 Å². The number of carbonyl (C=O) groups is 1. The average molecular weight is 315 g/mol. The van der Waals surface area contributed by atoms with Crippen LogP contribution in [0, 0.1) is 0 Å². The molecule has 1 aromatic carbocycles. The summed E-state index contributed by atoms with van der Waals surface area (Å²) < 4.78 is 0.803. The van der Waals surface area contributed by atoms with Crippen LogP contribution >= 0.6 is 27.5 Å². The van der Waals surface area contributed by atoms with Crippen molar-refractivity contribution in [3.8, 4) is 0 Å². The molecule has 0 aromatic heterocycles. The summed E-state index contributed by atoms with van der Waals surface area (Å²) in [5.74, 6) is 0.0294. The Morgan fingerprint density at radius 3 is 2.82 bits per heavy atom. The van der Waals surface area contributed by atoms with E-state index in [4.69, 9.17) is 11.6 Å². The molecule has 0 aliphatic heterocycles. The van der Waals surface area contributed by atoms with Gasteiger partial charge in [0.15, 0.2) is 0 Å². The lowest BCUT2D eigenvalue weighted by Gasteiger charge is -2.20. The first-order chi connectivity index (χ1) is 8.13. The molecule has 1 fully saturated rings. The second kappa shape index (κ2) is 5.23. The van der Waals surface area contributed by atoms with Crippen LogP contribution in [-0.4, -0.2) is 23.4 Å². The SMILES string of the molecule is C=CCN(C(=O)c1ccc(Br)c(Cl)c1)C1CC1. The first kappa shape index (κ1) is 12.7. The molecule has 2 nitrogen and oxygen atoms in total. The Morgan fingerprint density at radius 1 is 1.59 bits per heavy atom. The van der Waals surface area contributed by atoms with Crippen LogP contribution in [0.4, 0.5) is 0 Å². The fourth-order valence-electron chi connectivity index (χ4n) is 1.72. The van der Waals surface area contributed by atoms with Crippen LogP contribution in [-0.2, 0) is 0 Å². The molecule has 0 bridgehead atoms. The van der Waals surface area contributed by atoms with Gasteiger partial charge in [-0.05, 0) is 47.0 Å². The van der Waals surface area contributed by atoms with Crippen molar-refractivity contribution in [2.45, 2.75) is 18.9 Å². The first-order valence-electron chi connectivity index (χ1n) is 5.50. The maximum absolute atomic E-state index is 12.3. The van der Waals surface area contributed by atoms with Gasteiger partial charge in [0, 0.05) is 22.6 Å². The highest BCUT2D eigenvalue weighted by Gasteiger charge is 2.32. The molecule has 90 valence electrons. The van der Waals surface area contributed by atoms with Gasteiger partial charge >= 0.3 is 0 Å². The second-order valence-corrected chi connectivity index (χ2v) is 5.37. The predicted molar refractivity (Wildman–Crippen MR) is 73.4 cm³/mol. The molecule has 1 saturated carbocycles. The third-order valence-electron chi connectivity index (χ3n) is 2.74. The fourth-order valence-corrected chi connectivity index (χ4v) is 2.15. The monoisotopic (exact) mass is 313 g/mol. The van der Waals surface area contributed by atoms with Gasteiger partial charge in [0.2, 0.25) is 0 Å². The van der Waals surface area contributed by atoms with Crippen molar-refractivity contribution < 1.29 is 4.79 Å². The minimum absolute atomic E-state index is 0.0294. The molecule has 0 N–H and O–H groups in total. The van der Waals surface area contributed by atoms with Gasteiger partial charge in [-0.1, -0.05) is 17.7 Å². The summed E-state index contributed by atoms with van der Waals surface area (Å²) in [6.45, 7) is 4.29. The van der Waals surface area contributed by atoms with Crippen LogP contribution in [0.25, 0.3) is 0 Å². The molecule has 1 amide bonds. The molecule has 0 saturated heterocycles. The van der Waals surface area contributed by atoms with Gasteiger partial charge in [0.25, 0.3) is 5.91 Å². The van der Waals surface area contributed by atoms with Crippen molar-refractivity contribution in [1.82, 2.24) is 4.90 Å². The lowest BCUT2D eigenvalue weighted by Crippen LogP contribution is -2.33. The van der Waals surface area contributed by atoms with Crippen LogP contribution in [0.2, 0.25) is 5.02 Å². The Kier molecular flexibility index (Phi) is 3.89. The summed E-state index contributed by atoms with van der Waals surface area (Å²) in [5, 5.41) is 0.560. The van der Waals surface area contributed by atoms with E-state index in [1.54, 1.807) is 24.3 Å². The molecule has 4 heteroatoms. The molecule has 0 atom stereocenters. The van der Waals surface area contributed by atoms with Crippen LogP contribution in [0.1, 0.15) is 23.2 Å². The zero-order chi connectivity index (χ0) is 12.4. The van der Waals surface area contributed by atoms with Gasteiger partial charge in [-0.15, -0.1) is 6.58 Å². The summed E-state index contributed by atoms with van der Waals surface area (Å²) in [5.41, 5.74) is 0.631. The number of nitrogens with zero attached hydrogens (tertiary/aromatic N) is 1. The van der Waals surface area contributed by atoms with Crippen molar-refractivity contribution in [3.05, 3.63) is 45.9 Å². The minimum Gasteiger partial charge on any atom is -0.332 e. The van der Waals surface area contributed by atoms with E-state index in [1.807, 2.05) is 4.90 Å². The number of amides is 1. The Labute approximate surface area is 114 Å². The maximum Gasteiger partial charge on any atom is 0.254 e. The van der Waals surface area contributed by atoms with Crippen LogP contribution in [0.15, 0.2) is 35.3 Å². The third-order valence-corrected chi connectivity index (χ3v) is 3.97. The van der Waals surface area contributed by atoms with E-state index in [2.05, 4.69) is 22.5 Å². The van der Waals surface area contributed by atoms with Gasteiger partial charge in [-0.2, -0.15) is 0 Å². The van der Waals surface area contributed by atoms with E-state index in [-0.39, 0.29) is 5.91 Å². The number of halogens is 2. The van der Waals surface area contributed by atoms with Crippen LogP contribution in [0.5, 0.6) is 0 Å². The highest BCUT2D eigenvalue weighted by molar-refractivity contribution is 9.10. The standard InChI is InChI=1S/C13H13BrClNO/c1-2-7-16(10-4-5-10)13(17)9-3-6-11(14)12(15)8-9/h2-3,6,8,10H,1,4-5,7H2. The summed E-state index contributed by atoms with van der Waals surface area (Å²) >= 11 is 9.31. The fraction of sp³-hybridized carbons (Fsp3) is 0.308. The van der Waals surface area contributed by atoms with Crippen LogP contribution < -0.4 is 0 Å². The second-order valence-electron chi connectivity index (χ2n) is 4.11. The molecular weight excluding hydrogens is 302 g/mol. The quantitative estimate of drug-likeness (QED) is 0.772. The van der Waals surface area contributed by atoms with Gasteiger partial charge in [0.1, 0.15) is 0 Å². The molecule has 0 radical (unpaired) electrons. The van der Waals surface area contributed by atoms with Crippen LogP contribution in [0.3, 0.4) is 0 Å². The highest BCUT2D eigenvalue weighted by Crippen LogP contribution is 2.29. The first-order valence-corrected chi connectivity index (χ1v) is 6.67. The molecule has 0 spiro atoms. The van der Waals surface area contributed by atoms with Gasteiger partial charge < -0.3 is 4.90 Å². The van der Waals surface area contributed by atoms with E-state index < -0.39 is 0 Å². The summed E-state index contributed by atoms with van der Waals surface area (Å²) in [7, 11) is 0. The zero-order valence-electron chi connectivity index (χ0n) is 9.33. The summed E-state index contributed by atoms with van der Waals surface area (Å²) in [6.07, 6.45) is 3.93. The minimum atomic E-state index is 0.0294. The lowest BCUT2D eigenvalue weighted by atomic mass is 10.2. The molecule has 1 aliphatic carbocycles. The normalized spacial score (nSPS) is 14.5. The third kappa shape index (κ3) is 2.90. The molecule has 1 aromatic rings. The Hall–Kier alpha value is -0.800. The summed E-state index contributed by atoms with van der Waals surface area (Å²) in [4.78, 5) is 14.1. The lowest BCUT2D eigenvalue weighted by molar-refractivity contribution is 0.0762. The number of hydrogen-bond donors (Lipinski definition) is 0. The number of benzene rings is 1. The molecular formula is C13H13BrClNO. The van der Waals surface area contributed by atoms with Gasteiger partial charge in [-0.3, -0.25) is 4.79 Å². The molecule has 0 unspecified atom stereocenters. The van der Waals surface area contributed by atoms with E-state index in [0.29, 0.717) is 23.2 Å². The molecule has 0 heterocycles.